The third-order valence-electron chi connectivity index (χ3n) is 5.10. The average molecular weight is 389 g/mol. The van der Waals surface area contributed by atoms with Crippen LogP contribution in [0.25, 0.3) is 0 Å². The second-order valence-electron chi connectivity index (χ2n) is 6.98. The molecule has 1 aliphatic carbocycles. The van der Waals surface area contributed by atoms with Gasteiger partial charge < -0.3 is 14.8 Å². The van der Waals surface area contributed by atoms with Crippen molar-refractivity contribution >= 4 is 5.91 Å². The van der Waals surface area contributed by atoms with Gasteiger partial charge in [0.1, 0.15) is 11.5 Å². The molecular weight excluding hydrogens is 364 g/mol. The Bertz CT molecular complexity index is 793. The number of methoxy groups -OCH3 is 1. The fraction of sp³-hybridized carbons (Fsp3) is 0.409. The predicted octanol–water partition coefficient (Wildman–Crippen LogP) is 4.47. The summed E-state index contributed by atoms with van der Waals surface area (Å²) in [6.45, 7) is -2.31. The Hall–Kier alpha value is -2.63. The number of ether oxygens (including phenoxy) is 2. The van der Waals surface area contributed by atoms with E-state index in [-0.39, 0.29) is 17.6 Å². The maximum atomic E-state index is 12.4. The molecule has 1 aliphatic rings. The van der Waals surface area contributed by atoms with Crippen molar-refractivity contribution < 1.29 is 23.0 Å². The molecule has 0 spiro atoms. The highest BCUT2D eigenvalue weighted by molar-refractivity contribution is 5.77. The molecule has 0 aliphatic heterocycles. The van der Waals surface area contributed by atoms with Gasteiger partial charge in [-0.3, -0.25) is 4.79 Å². The number of rotatable bonds is 8. The van der Waals surface area contributed by atoms with Gasteiger partial charge in [0.2, 0.25) is 5.91 Å². The summed E-state index contributed by atoms with van der Waals surface area (Å²) >= 11 is 0. The summed E-state index contributed by atoms with van der Waals surface area (Å²) in [6, 6.07) is 12.6. The lowest BCUT2D eigenvalue weighted by Gasteiger charge is -2.25. The third kappa shape index (κ3) is 5.44. The van der Waals surface area contributed by atoms with E-state index in [4.69, 9.17) is 4.74 Å². The van der Waals surface area contributed by atoms with Gasteiger partial charge in [-0.25, -0.2) is 0 Å². The number of aryl methyl sites for hydroxylation is 1. The summed E-state index contributed by atoms with van der Waals surface area (Å²) in [5.74, 6) is 1.26. The van der Waals surface area contributed by atoms with Crippen LogP contribution in [0.15, 0.2) is 42.5 Å². The van der Waals surface area contributed by atoms with E-state index in [0.29, 0.717) is 19.4 Å². The van der Waals surface area contributed by atoms with E-state index >= 15 is 0 Å². The summed E-state index contributed by atoms with van der Waals surface area (Å²) in [5.41, 5.74) is 3.48. The first kappa shape index (κ1) is 20.1. The molecule has 2 aromatic carbocycles. The molecule has 3 rings (SSSR count). The Kier molecular flexibility index (Phi) is 6.85. The van der Waals surface area contributed by atoms with E-state index in [0.717, 1.165) is 30.6 Å². The van der Waals surface area contributed by atoms with Crippen LogP contribution < -0.4 is 14.8 Å². The molecule has 6 heteroatoms. The topological polar surface area (TPSA) is 47.6 Å². The Morgan fingerprint density at radius 3 is 2.64 bits per heavy atom. The van der Waals surface area contributed by atoms with Crippen LogP contribution in [0.1, 0.15) is 41.9 Å². The molecule has 28 heavy (non-hydrogen) atoms. The number of halogens is 2. The van der Waals surface area contributed by atoms with E-state index < -0.39 is 6.61 Å². The molecule has 0 fully saturated rings. The lowest BCUT2D eigenvalue weighted by Crippen LogP contribution is -2.28. The first-order valence-electron chi connectivity index (χ1n) is 9.52. The minimum absolute atomic E-state index is 0.0336. The number of benzene rings is 2. The molecular formula is C22H25F2NO3. The van der Waals surface area contributed by atoms with E-state index in [9.17, 15) is 13.6 Å². The lowest BCUT2D eigenvalue weighted by atomic mass is 9.81. The predicted molar refractivity (Wildman–Crippen MR) is 103 cm³/mol. The van der Waals surface area contributed by atoms with Crippen molar-refractivity contribution in [3.63, 3.8) is 0 Å². The van der Waals surface area contributed by atoms with Crippen LogP contribution in [0.3, 0.4) is 0 Å². The zero-order chi connectivity index (χ0) is 19.9. The van der Waals surface area contributed by atoms with Gasteiger partial charge in [-0.05, 0) is 72.6 Å². The van der Waals surface area contributed by atoms with E-state index in [2.05, 4.69) is 22.2 Å². The van der Waals surface area contributed by atoms with Crippen LogP contribution in [0.5, 0.6) is 11.5 Å². The van der Waals surface area contributed by atoms with Crippen molar-refractivity contribution in [3.8, 4) is 11.5 Å². The van der Waals surface area contributed by atoms with Crippen molar-refractivity contribution in [3.05, 3.63) is 59.2 Å². The van der Waals surface area contributed by atoms with E-state index in [1.807, 2.05) is 6.07 Å². The molecule has 0 saturated heterocycles. The highest BCUT2D eigenvalue weighted by Crippen LogP contribution is 2.35. The minimum Gasteiger partial charge on any atom is -0.497 e. The Labute approximate surface area is 163 Å². The molecule has 150 valence electrons. The number of carbonyl (C=O) groups excluding carboxylic acids is 1. The van der Waals surface area contributed by atoms with Crippen LogP contribution in [0.2, 0.25) is 0 Å². The molecule has 0 bridgehead atoms. The van der Waals surface area contributed by atoms with Crippen molar-refractivity contribution in [2.75, 3.05) is 13.7 Å². The minimum atomic E-state index is -2.82. The Morgan fingerprint density at radius 2 is 1.93 bits per heavy atom. The summed E-state index contributed by atoms with van der Waals surface area (Å²) in [4.78, 5) is 12.4. The highest BCUT2D eigenvalue weighted by atomic mass is 19.3. The van der Waals surface area contributed by atoms with E-state index in [1.165, 1.54) is 23.3 Å². The fourth-order valence-electron chi connectivity index (χ4n) is 3.71. The maximum Gasteiger partial charge on any atom is 0.387 e. The van der Waals surface area contributed by atoms with Crippen molar-refractivity contribution in [2.45, 2.75) is 44.6 Å². The summed E-state index contributed by atoms with van der Waals surface area (Å²) in [7, 11) is 1.66. The molecule has 0 radical (unpaired) electrons. The molecule has 2 aromatic rings. The number of hydrogen-bond donors (Lipinski definition) is 1. The molecule has 1 unspecified atom stereocenters. The zero-order valence-electron chi connectivity index (χ0n) is 15.9. The van der Waals surface area contributed by atoms with Gasteiger partial charge in [0.25, 0.3) is 0 Å². The molecule has 1 atom stereocenters. The molecule has 0 saturated carbocycles. The number of nitrogens with one attached hydrogen (secondary N) is 1. The number of amides is 1. The first-order valence-corrected chi connectivity index (χ1v) is 9.52. The SMILES string of the molecule is COc1ccc2c(c1)CCCC2CC(=O)NCCc1ccc(OC(F)F)cc1. The van der Waals surface area contributed by atoms with Crippen molar-refractivity contribution in [1.82, 2.24) is 5.32 Å². The number of carbonyl (C=O) groups is 1. The first-order chi connectivity index (χ1) is 13.5. The highest BCUT2D eigenvalue weighted by Gasteiger charge is 2.23. The largest absolute Gasteiger partial charge is 0.497 e. The van der Waals surface area contributed by atoms with Crippen LogP contribution in [-0.2, 0) is 17.6 Å². The number of hydrogen-bond acceptors (Lipinski definition) is 3. The molecule has 1 N–H and O–H groups in total. The lowest BCUT2D eigenvalue weighted by molar-refractivity contribution is -0.121. The monoisotopic (exact) mass is 389 g/mol. The standard InChI is InChI=1S/C22H25F2NO3/c1-27-19-9-10-20-16(13-19)3-2-4-17(20)14-21(26)25-12-11-15-5-7-18(8-6-15)28-22(23)24/h5-10,13,17,22H,2-4,11-12,14H2,1H3,(H,25,26). The number of alkyl halides is 2. The maximum absolute atomic E-state index is 12.4. The second kappa shape index (κ2) is 9.53. The van der Waals surface area contributed by atoms with Crippen LogP contribution in [-0.4, -0.2) is 26.2 Å². The van der Waals surface area contributed by atoms with E-state index in [1.54, 1.807) is 19.2 Å². The summed E-state index contributed by atoms with van der Waals surface area (Å²) in [6.07, 6.45) is 4.22. The Balaban J connectivity index is 1.48. The van der Waals surface area contributed by atoms with Crippen LogP contribution in [0, 0.1) is 0 Å². The van der Waals surface area contributed by atoms with Gasteiger partial charge in [-0.15, -0.1) is 0 Å². The molecule has 0 heterocycles. The van der Waals surface area contributed by atoms with Crippen LogP contribution >= 0.6 is 0 Å². The van der Waals surface area contributed by atoms with Gasteiger partial charge in [0.05, 0.1) is 7.11 Å². The van der Waals surface area contributed by atoms with Crippen LogP contribution in [0.4, 0.5) is 8.78 Å². The van der Waals surface area contributed by atoms with Gasteiger partial charge in [0.15, 0.2) is 0 Å². The molecule has 4 nitrogen and oxygen atoms in total. The van der Waals surface area contributed by atoms with Crippen molar-refractivity contribution in [2.24, 2.45) is 0 Å². The second-order valence-corrected chi connectivity index (χ2v) is 6.98. The Morgan fingerprint density at radius 1 is 1.18 bits per heavy atom. The van der Waals surface area contributed by atoms with Gasteiger partial charge in [0, 0.05) is 13.0 Å². The molecule has 1 amide bonds. The normalized spacial score (nSPS) is 15.8. The smallest absolute Gasteiger partial charge is 0.387 e. The average Bonchev–Trinajstić information content (AvgIpc) is 2.68. The zero-order valence-corrected chi connectivity index (χ0v) is 15.9. The summed E-state index contributed by atoms with van der Waals surface area (Å²) < 4.78 is 33.9. The quantitative estimate of drug-likeness (QED) is 0.725. The molecule has 0 aromatic heterocycles. The third-order valence-corrected chi connectivity index (χ3v) is 5.10. The van der Waals surface area contributed by atoms with Gasteiger partial charge in [-0.1, -0.05) is 18.2 Å². The number of fused-ring (bicyclic) bond motifs is 1. The van der Waals surface area contributed by atoms with Gasteiger partial charge >= 0.3 is 6.61 Å². The fourth-order valence-corrected chi connectivity index (χ4v) is 3.71. The van der Waals surface area contributed by atoms with Gasteiger partial charge in [-0.2, -0.15) is 8.78 Å². The van der Waals surface area contributed by atoms with Crippen molar-refractivity contribution in [1.29, 1.82) is 0 Å². The summed E-state index contributed by atoms with van der Waals surface area (Å²) in [5, 5.41) is 2.96.